The summed E-state index contributed by atoms with van der Waals surface area (Å²) in [6.07, 6.45) is 4.07. The summed E-state index contributed by atoms with van der Waals surface area (Å²) >= 11 is 3.31. The third-order valence-electron chi connectivity index (χ3n) is 4.01. The summed E-state index contributed by atoms with van der Waals surface area (Å²) < 4.78 is 14.8. The Balaban J connectivity index is 2.81. The third kappa shape index (κ3) is 4.88. The van der Waals surface area contributed by atoms with Crippen molar-refractivity contribution in [3.63, 3.8) is 0 Å². The molecule has 0 fully saturated rings. The molecule has 0 heterocycles. The van der Waals surface area contributed by atoms with Gasteiger partial charge in [0, 0.05) is 11.0 Å². The van der Waals surface area contributed by atoms with Crippen LogP contribution in [0.3, 0.4) is 0 Å². The van der Waals surface area contributed by atoms with Gasteiger partial charge in [-0.05, 0) is 55.3 Å². The molecule has 1 rings (SSSR count). The summed E-state index contributed by atoms with van der Waals surface area (Å²) in [6, 6.07) is 5.39. The van der Waals surface area contributed by atoms with Crippen LogP contribution in [0.2, 0.25) is 0 Å². The smallest absolute Gasteiger partial charge is 0.127 e. The largest absolute Gasteiger partial charge is 0.316 e. The molecule has 0 amide bonds. The molecule has 0 radical (unpaired) electrons. The zero-order valence-corrected chi connectivity index (χ0v) is 13.8. The highest BCUT2D eigenvalue weighted by molar-refractivity contribution is 9.10. The lowest BCUT2D eigenvalue weighted by Gasteiger charge is -2.32. The van der Waals surface area contributed by atoms with Crippen molar-refractivity contribution in [1.29, 1.82) is 0 Å². The standard InChI is InChI=1S/C16H25BrFN/c1-4-9-19-12-16(5-2,6-3)11-13-7-8-14(17)10-15(13)18/h7-8,10,19H,4-6,9,11-12H2,1-3H3. The fraction of sp³-hybridized carbons (Fsp3) is 0.625. The molecule has 1 aromatic carbocycles. The second-order valence-corrected chi connectivity index (χ2v) is 6.21. The minimum atomic E-state index is -0.101. The molecule has 108 valence electrons. The average molecular weight is 330 g/mol. The lowest BCUT2D eigenvalue weighted by molar-refractivity contribution is 0.244. The molecule has 0 bridgehead atoms. The quantitative estimate of drug-likeness (QED) is 0.666. The first-order chi connectivity index (χ1) is 9.06. The van der Waals surface area contributed by atoms with E-state index in [4.69, 9.17) is 0 Å². The number of hydrogen-bond acceptors (Lipinski definition) is 1. The fourth-order valence-corrected chi connectivity index (χ4v) is 2.75. The molecule has 1 nitrogen and oxygen atoms in total. The summed E-state index contributed by atoms with van der Waals surface area (Å²) in [6.45, 7) is 8.57. The van der Waals surface area contributed by atoms with Crippen molar-refractivity contribution in [3.8, 4) is 0 Å². The van der Waals surface area contributed by atoms with E-state index in [-0.39, 0.29) is 11.2 Å². The Labute approximate surface area is 125 Å². The Morgan fingerprint density at radius 1 is 1.21 bits per heavy atom. The van der Waals surface area contributed by atoms with E-state index in [1.807, 2.05) is 12.1 Å². The van der Waals surface area contributed by atoms with Gasteiger partial charge in [-0.15, -0.1) is 0 Å². The Hall–Kier alpha value is -0.410. The van der Waals surface area contributed by atoms with Crippen LogP contribution in [0.25, 0.3) is 0 Å². The van der Waals surface area contributed by atoms with Gasteiger partial charge in [0.25, 0.3) is 0 Å². The SMILES string of the molecule is CCCNCC(CC)(CC)Cc1ccc(Br)cc1F. The maximum atomic E-state index is 14.0. The first-order valence-corrected chi connectivity index (χ1v) is 8.01. The van der Waals surface area contributed by atoms with Crippen LogP contribution in [0.1, 0.15) is 45.6 Å². The molecule has 19 heavy (non-hydrogen) atoms. The highest BCUT2D eigenvalue weighted by Crippen LogP contribution is 2.31. The highest BCUT2D eigenvalue weighted by Gasteiger charge is 2.27. The van der Waals surface area contributed by atoms with Gasteiger partial charge in [0.2, 0.25) is 0 Å². The van der Waals surface area contributed by atoms with Crippen LogP contribution in [0.4, 0.5) is 4.39 Å². The summed E-state index contributed by atoms with van der Waals surface area (Å²) in [5, 5.41) is 3.50. The van der Waals surface area contributed by atoms with Crippen molar-refractivity contribution in [2.45, 2.75) is 46.5 Å². The molecule has 0 aliphatic rings. The van der Waals surface area contributed by atoms with Gasteiger partial charge >= 0.3 is 0 Å². The highest BCUT2D eigenvalue weighted by atomic mass is 79.9. The number of rotatable bonds is 8. The first kappa shape index (κ1) is 16.6. The van der Waals surface area contributed by atoms with Crippen molar-refractivity contribution >= 4 is 15.9 Å². The molecule has 0 atom stereocenters. The second-order valence-electron chi connectivity index (χ2n) is 5.30. The van der Waals surface area contributed by atoms with Gasteiger partial charge in [0.15, 0.2) is 0 Å². The van der Waals surface area contributed by atoms with Crippen molar-refractivity contribution in [3.05, 3.63) is 34.1 Å². The van der Waals surface area contributed by atoms with E-state index in [0.717, 1.165) is 48.8 Å². The van der Waals surface area contributed by atoms with E-state index in [9.17, 15) is 4.39 Å². The average Bonchev–Trinajstić information content (AvgIpc) is 2.41. The Morgan fingerprint density at radius 2 is 1.89 bits per heavy atom. The molecular formula is C16H25BrFN. The lowest BCUT2D eigenvalue weighted by Crippen LogP contribution is -2.36. The molecule has 1 N–H and O–H groups in total. The lowest BCUT2D eigenvalue weighted by atomic mass is 9.76. The minimum Gasteiger partial charge on any atom is -0.316 e. The normalized spacial score (nSPS) is 11.8. The zero-order valence-electron chi connectivity index (χ0n) is 12.2. The summed E-state index contributed by atoms with van der Waals surface area (Å²) in [5.41, 5.74) is 0.981. The number of benzene rings is 1. The van der Waals surface area contributed by atoms with E-state index >= 15 is 0 Å². The maximum Gasteiger partial charge on any atom is 0.127 e. The Bertz CT molecular complexity index is 388. The summed E-state index contributed by atoms with van der Waals surface area (Å²) in [4.78, 5) is 0. The monoisotopic (exact) mass is 329 g/mol. The van der Waals surface area contributed by atoms with Crippen molar-refractivity contribution in [2.75, 3.05) is 13.1 Å². The van der Waals surface area contributed by atoms with Gasteiger partial charge < -0.3 is 5.32 Å². The van der Waals surface area contributed by atoms with Gasteiger partial charge in [-0.25, -0.2) is 4.39 Å². The molecule has 0 aromatic heterocycles. The molecule has 0 saturated heterocycles. The predicted octanol–water partition coefficient (Wildman–Crippen LogP) is 4.94. The van der Waals surface area contributed by atoms with Crippen molar-refractivity contribution in [1.82, 2.24) is 5.32 Å². The van der Waals surface area contributed by atoms with Gasteiger partial charge in [-0.3, -0.25) is 0 Å². The van der Waals surface area contributed by atoms with Crippen molar-refractivity contribution < 1.29 is 4.39 Å². The molecule has 0 aliphatic carbocycles. The van der Waals surface area contributed by atoms with Crippen LogP contribution < -0.4 is 5.32 Å². The zero-order chi connectivity index (χ0) is 14.3. The maximum absolute atomic E-state index is 14.0. The van der Waals surface area contributed by atoms with Crippen LogP contribution in [0.5, 0.6) is 0 Å². The number of nitrogens with one attached hydrogen (secondary N) is 1. The summed E-state index contributed by atoms with van der Waals surface area (Å²) in [5.74, 6) is -0.101. The van der Waals surface area contributed by atoms with E-state index in [2.05, 4.69) is 42.0 Å². The topological polar surface area (TPSA) is 12.0 Å². The molecular weight excluding hydrogens is 305 g/mol. The predicted molar refractivity (Wildman–Crippen MR) is 84.0 cm³/mol. The Kier molecular flexibility index (Phi) is 7.01. The first-order valence-electron chi connectivity index (χ1n) is 7.21. The van der Waals surface area contributed by atoms with Crippen LogP contribution in [-0.2, 0) is 6.42 Å². The van der Waals surface area contributed by atoms with Crippen LogP contribution >= 0.6 is 15.9 Å². The number of halogens is 2. The third-order valence-corrected chi connectivity index (χ3v) is 4.50. The second kappa shape index (κ2) is 8.01. The van der Waals surface area contributed by atoms with Crippen molar-refractivity contribution in [2.24, 2.45) is 5.41 Å². The summed E-state index contributed by atoms with van der Waals surface area (Å²) in [7, 11) is 0. The number of hydrogen-bond donors (Lipinski definition) is 1. The molecule has 0 saturated carbocycles. The molecule has 0 unspecified atom stereocenters. The van der Waals surface area contributed by atoms with Crippen LogP contribution in [-0.4, -0.2) is 13.1 Å². The van der Waals surface area contributed by atoms with Gasteiger partial charge in [0.1, 0.15) is 5.82 Å². The van der Waals surface area contributed by atoms with E-state index in [1.54, 1.807) is 6.07 Å². The molecule has 1 aromatic rings. The van der Waals surface area contributed by atoms with Gasteiger partial charge in [0.05, 0.1) is 0 Å². The van der Waals surface area contributed by atoms with Crippen LogP contribution in [0.15, 0.2) is 22.7 Å². The molecule has 0 aliphatic heterocycles. The Morgan fingerprint density at radius 3 is 2.42 bits per heavy atom. The van der Waals surface area contributed by atoms with E-state index < -0.39 is 0 Å². The van der Waals surface area contributed by atoms with Crippen LogP contribution in [0, 0.1) is 11.2 Å². The molecule has 0 spiro atoms. The fourth-order valence-electron chi connectivity index (χ4n) is 2.41. The minimum absolute atomic E-state index is 0.101. The van der Waals surface area contributed by atoms with Gasteiger partial charge in [-0.2, -0.15) is 0 Å². The van der Waals surface area contributed by atoms with E-state index in [0.29, 0.717) is 0 Å². The molecule has 3 heteroatoms. The van der Waals surface area contributed by atoms with Gasteiger partial charge in [-0.1, -0.05) is 42.8 Å². The van der Waals surface area contributed by atoms with E-state index in [1.165, 1.54) is 0 Å².